The fourth-order valence-corrected chi connectivity index (χ4v) is 2.44. The molecule has 19 heavy (non-hydrogen) atoms. The van der Waals surface area contributed by atoms with Crippen molar-refractivity contribution >= 4 is 5.91 Å². The second-order valence-corrected chi connectivity index (χ2v) is 4.99. The number of benzene rings is 1. The zero-order chi connectivity index (χ0) is 13.7. The van der Waals surface area contributed by atoms with Crippen LogP contribution in [0, 0.1) is 0 Å². The second-order valence-electron chi connectivity index (χ2n) is 4.99. The van der Waals surface area contributed by atoms with E-state index >= 15 is 0 Å². The lowest BCUT2D eigenvalue weighted by Gasteiger charge is -2.10. The number of hydrogen-bond acceptors (Lipinski definition) is 3. The number of amides is 1. The molecule has 1 atom stereocenters. The van der Waals surface area contributed by atoms with E-state index in [1.54, 1.807) is 7.11 Å². The van der Waals surface area contributed by atoms with Gasteiger partial charge >= 0.3 is 0 Å². The van der Waals surface area contributed by atoms with Crippen molar-refractivity contribution in [2.24, 2.45) is 0 Å². The Labute approximate surface area is 113 Å². The van der Waals surface area contributed by atoms with Crippen LogP contribution in [0.3, 0.4) is 0 Å². The van der Waals surface area contributed by atoms with Crippen LogP contribution in [0.25, 0.3) is 0 Å². The molecule has 0 fully saturated rings. The van der Waals surface area contributed by atoms with Gasteiger partial charge in [0.1, 0.15) is 0 Å². The molecule has 0 aliphatic heterocycles. The number of carbonyl (C=O) groups is 1. The normalized spacial score (nSPS) is 15.1. The Balaban J connectivity index is 1.83. The third-order valence-electron chi connectivity index (χ3n) is 3.48. The zero-order valence-corrected chi connectivity index (χ0v) is 11.3. The van der Waals surface area contributed by atoms with Crippen LogP contribution in [0.1, 0.15) is 34.3 Å². The van der Waals surface area contributed by atoms with Gasteiger partial charge in [-0.1, -0.05) is 6.07 Å². The summed E-state index contributed by atoms with van der Waals surface area (Å²) in [7, 11) is 1.55. The fourth-order valence-electron chi connectivity index (χ4n) is 2.44. The summed E-state index contributed by atoms with van der Waals surface area (Å²) in [6.45, 7) is 0.759. The minimum atomic E-state index is -0.523. The molecule has 1 amide bonds. The van der Waals surface area contributed by atoms with E-state index in [1.165, 1.54) is 17.5 Å². The lowest BCUT2D eigenvalue weighted by Crippen LogP contribution is -2.28. The van der Waals surface area contributed by atoms with Gasteiger partial charge in [-0.15, -0.1) is 0 Å². The highest BCUT2D eigenvalue weighted by atomic mass is 16.5. The summed E-state index contributed by atoms with van der Waals surface area (Å²) in [5.74, 6) is -0.0701. The van der Waals surface area contributed by atoms with E-state index in [0.717, 1.165) is 12.8 Å². The van der Waals surface area contributed by atoms with Crippen LogP contribution < -0.4 is 5.32 Å². The Hall–Kier alpha value is -1.39. The van der Waals surface area contributed by atoms with Gasteiger partial charge in [0.25, 0.3) is 5.91 Å². The van der Waals surface area contributed by atoms with Crippen molar-refractivity contribution < 1.29 is 14.6 Å². The molecular weight excluding hydrogens is 242 g/mol. The van der Waals surface area contributed by atoms with Gasteiger partial charge in [0, 0.05) is 19.2 Å². The molecule has 1 aliphatic carbocycles. The highest BCUT2D eigenvalue weighted by Crippen LogP contribution is 2.22. The molecule has 4 heteroatoms. The Morgan fingerprint density at radius 2 is 2.21 bits per heavy atom. The van der Waals surface area contributed by atoms with E-state index < -0.39 is 6.10 Å². The van der Waals surface area contributed by atoms with Gasteiger partial charge in [0.2, 0.25) is 0 Å². The second kappa shape index (κ2) is 6.68. The van der Waals surface area contributed by atoms with Crippen LogP contribution >= 0.6 is 0 Å². The van der Waals surface area contributed by atoms with Gasteiger partial charge in [-0.2, -0.15) is 0 Å². The first-order valence-electron chi connectivity index (χ1n) is 6.77. The number of fused-ring (bicyclic) bond motifs is 1. The largest absolute Gasteiger partial charge is 0.391 e. The van der Waals surface area contributed by atoms with Crippen molar-refractivity contribution in [1.29, 1.82) is 0 Å². The number of ether oxygens (including phenoxy) is 1. The highest BCUT2D eigenvalue weighted by molar-refractivity contribution is 5.94. The first-order valence-corrected chi connectivity index (χ1v) is 6.77. The number of carbonyl (C=O) groups excluding carboxylic acids is 1. The lowest BCUT2D eigenvalue weighted by molar-refractivity contribution is 0.0587. The SMILES string of the molecule is COCC(O)CCNC(=O)c1ccc2c(c1)CCC2. The van der Waals surface area contributed by atoms with Crippen LogP contribution in [-0.4, -0.2) is 37.4 Å². The maximum Gasteiger partial charge on any atom is 0.251 e. The minimum absolute atomic E-state index is 0.0701. The molecule has 0 heterocycles. The molecule has 0 radical (unpaired) electrons. The van der Waals surface area contributed by atoms with E-state index in [2.05, 4.69) is 11.4 Å². The molecule has 104 valence electrons. The van der Waals surface area contributed by atoms with E-state index in [1.807, 2.05) is 12.1 Å². The van der Waals surface area contributed by atoms with E-state index in [0.29, 0.717) is 25.1 Å². The predicted molar refractivity (Wildman–Crippen MR) is 73.3 cm³/mol. The van der Waals surface area contributed by atoms with Gasteiger partial charge in [-0.05, 0) is 48.9 Å². The standard InChI is InChI=1S/C15H21NO3/c1-19-10-14(17)7-8-16-15(18)13-6-5-11-3-2-4-12(11)9-13/h5-6,9,14,17H,2-4,7-8,10H2,1H3,(H,16,18). The Morgan fingerprint density at radius 3 is 3.00 bits per heavy atom. The number of aliphatic hydroxyl groups excluding tert-OH is 1. The number of rotatable bonds is 6. The molecule has 1 aromatic carbocycles. The quantitative estimate of drug-likeness (QED) is 0.813. The molecule has 1 aliphatic rings. The van der Waals surface area contributed by atoms with Crippen molar-refractivity contribution in [3.8, 4) is 0 Å². The average molecular weight is 263 g/mol. The Morgan fingerprint density at radius 1 is 1.42 bits per heavy atom. The van der Waals surface area contributed by atoms with Crippen LogP contribution in [0.15, 0.2) is 18.2 Å². The molecule has 1 aromatic rings. The zero-order valence-electron chi connectivity index (χ0n) is 11.3. The highest BCUT2D eigenvalue weighted by Gasteiger charge is 2.14. The van der Waals surface area contributed by atoms with Crippen molar-refractivity contribution in [2.45, 2.75) is 31.8 Å². The summed E-state index contributed by atoms with van der Waals surface area (Å²) < 4.78 is 4.83. The summed E-state index contributed by atoms with van der Waals surface area (Å²) >= 11 is 0. The molecule has 0 bridgehead atoms. The molecule has 0 saturated carbocycles. The van der Waals surface area contributed by atoms with Crippen molar-refractivity contribution in [1.82, 2.24) is 5.32 Å². The Kier molecular flexibility index (Phi) is 4.93. The van der Waals surface area contributed by atoms with Crippen LogP contribution in [0.4, 0.5) is 0 Å². The third-order valence-corrected chi connectivity index (χ3v) is 3.48. The van der Waals surface area contributed by atoms with E-state index in [4.69, 9.17) is 4.74 Å². The summed E-state index contributed by atoms with van der Waals surface area (Å²) in [6.07, 6.45) is 3.36. The van der Waals surface area contributed by atoms with Gasteiger partial charge in [-0.25, -0.2) is 0 Å². The molecular formula is C15H21NO3. The number of aryl methyl sites for hydroxylation is 2. The summed E-state index contributed by atoms with van der Waals surface area (Å²) in [5, 5.41) is 12.3. The predicted octanol–water partition coefficient (Wildman–Crippen LogP) is 1.30. The monoisotopic (exact) mass is 263 g/mol. The maximum absolute atomic E-state index is 12.0. The van der Waals surface area contributed by atoms with E-state index in [-0.39, 0.29) is 5.91 Å². The van der Waals surface area contributed by atoms with Crippen LogP contribution in [0.5, 0.6) is 0 Å². The first-order chi connectivity index (χ1) is 9.20. The van der Waals surface area contributed by atoms with Gasteiger partial charge in [0.15, 0.2) is 0 Å². The summed E-state index contributed by atoms with van der Waals surface area (Å²) in [4.78, 5) is 12.0. The van der Waals surface area contributed by atoms with E-state index in [9.17, 15) is 9.90 Å². The van der Waals surface area contributed by atoms with Crippen molar-refractivity contribution in [3.05, 3.63) is 34.9 Å². The van der Waals surface area contributed by atoms with Gasteiger partial charge in [-0.3, -0.25) is 4.79 Å². The molecule has 4 nitrogen and oxygen atoms in total. The van der Waals surface area contributed by atoms with Crippen LogP contribution in [-0.2, 0) is 17.6 Å². The first kappa shape index (κ1) is 14.0. The molecule has 0 spiro atoms. The van der Waals surface area contributed by atoms with Gasteiger partial charge < -0.3 is 15.2 Å². The van der Waals surface area contributed by atoms with Crippen molar-refractivity contribution in [3.63, 3.8) is 0 Å². The van der Waals surface area contributed by atoms with Crippen LogP contribution in [0.2, 0.25) is 0 Å². The fraction of sp³-hybridized carbons (Fsp3) is 0.533. The lowest BCUT2D eigenvalue weighted by atomic mass is 10.1. The Bertz CT molecular complexity index is 445. The van der Waals surface area contributed by atoms with Gasteiger partial charge in [0.05, 0.1) is 12.7 Å². The molecule has 0 aromatic heterocycles. The number of nitrogens with one attached hydrogen (secondary N) is 1. The average Bonchev–Trinajstić information content (AvgIpc) is 2.86. The smallest absolute Gasteiger partial charge is 0.251 e. The third kappa shape index (κ3) is 3.78. The topological polar surface area (TPSA) is 58.6 Å². The number of hydrogen-bond donors (Lipinski definition) is 2. The van der Waals surface area contributed by atoms with Crippen molar-refractivity contribution in [2.75, 3.05) is 20.3 Å². The molecule has 0 saturated heterocycles. The number of aliphatic hydroxyl groups is 1. The molecule has 1 unspecified atom stereocenters. The minimum Gasteiger partial charge on any atom is -0.391 e. The molecule has 2 N–H and O–H groups in total. The maximum atomic E-state index is 12.0. The number of methoxy groups -OCH3 is 1. The molecule has 2 rings (SSSR count). The summed E-state index contributed by atoms with van der Waals surface area (Å²) in [6, 6.07) is 5.92. The summed E-state index contributed by atoms with van der Waals surface area (Å²) in [5.41, 5.74) is 3.38.